The van der Waals surface area contributed by atoms with Crippen LogP contribution in [0, 0.1) is 22.7 Å². The fourth-order valence-corrected chi connectivity index (χ4v) is 2.85. The molecular weight excluding hydrogens is 368 g/mol. The summed E-state index contributed by atoms with van der Waals surface area (Å²) in [5.74, 6) is 1.23. The van der Waals surface area contributed by atoms with Gasteiger partial charge in [0.2, 0.25) is 0 Å². The molecule has 0 radical (unpaired) electrons. The molecule has 1 heterocycles. The van der Waals surface area contributed by atoms with Gasteiger partial charge in [-0.25, -0.2) is 4.79 Å². The van der Waals surface area contributed by atoms with Crippen LogP contribution in [-0.4, -0.2) is 19.2 Å². The van der Waals surface area contributed by atoms with Gasteiger partial charge < -0.3 is 14.2 Å². The Morgan fingerprint density at radius 2 is 1.79 bits per heavy atom. The lowest BCUT2D eigenvalue weighted by molar-refractivity contribution is -0.139. The predicted octanol–water partition coefficient (Wildman–Crippen LogP) is 4.53. The van der Waals surface area contributed by atoms with Gasteiger partial charge in [0.25, 0.3) is 0 Å². The number of para-hydroxylation sites is 1. The van der Waals surface area contributed by atoms with Crippen LogP contribution in [0.25, 0.3) is 5.57 Å². The van der Waals surface area contributed by atoms with Crippen molar-refractivity contribution in [3.63, 3.8) is 0 Å². The Morgan fingerprint density at radius 3 is 2.52 bits per heavy atom. The summed E-state index contributed by atoms with van der Waals surface area (Å²) in [6, 6.07) is 16.4. The standard InChI is InChI=1S/C23H18N2O4/c1-15(2)23(26)28-11-5-10-27-17-8-9-19-21(12-17)29-20-7-4-3-6-18(20)22(19)16(13-24)14-25/h3-4,6-9,12H,1,5,10-11H2,2H3. The maximum absolute atomic E-state index is 11.3. The zero-order valence-electron chi connectivity index (χ0n) is 15.9. The molecule has 0 unspecified atom stereocenters. The number of benzene rings is 2. The van der Waals surface area contributed by atoms with E-state index < -0.39 is 5.97 Å². The van der Waals surface area contributed by atoms with E-state index in [1.54, 1.807) is 31.2 Å². The van der Waals surface area contributed by atoms with Crippen LogP contribution >= 0.6 is 0 Å². The van der Waals surface area contributed by atoms with Crippen LogP contribution in [0.15, 0.2) is 60.2 Å². The number of hydrogen-bond donors (Lipinski definition) is 0. The monoisotopic (exact) mass is 386 g/mol. The van der Waals surface area contributed by atoms with Crippen LogP contribution < -0.4 is 9.47 Å². The molecule has 6 nitrogen and oxygen atoms in total. The molecular formula is C23H18N2O4. The topological polar surface area (TPSA) is 92.3 Å². The van der Waals surface area contributed by atoms with E-state index in [0.717, 1.165) is 0 Å². The fourth-order valence-electron chi connectivity index (χ4n) is 2.85. The molecule has 1 aliphatic rings. The number of esters is 1. The molecule has 0 fully saturated rings. The summed E-state index contributed by atoms with van der Waals surface area (Å²) in [7, 11) is 0. The Balaban J connectivity index is 1.77. The van der Waals surface area contributed by atoms with Crippen LogP contribution in [0.2, 0.25) is 0 Å². The molecule has 0 N–H and O–H groups in total. The first kappa shape index (κ1) is 19.7. The molecule has 29 heavy (non-hydrogen) atoms. The van der Waals surface area contributed by atoms with Crippen molar-refractivity contribution in [1.29, 1.82) is 10.5 Å². The van der Waals surface area contributed by atoms with Crippen molar-refractivity contribution in [2.75, 3.05) is 13.2 Å². The number of fused-ring (bicyclic) bond motifs is 2. The van der Waals surface area contributed by atoms with Gasteiger partial charge in [-0.2, -0.15) is 10.5 Å². The van der Waals surface area contributed by atoms with Crippen LogP contribution in [0.5, 0.6) is 17.2 Å². The third kappa shape index (κ3) is 4.28. The number of nitrogens with zero attached hydrogens (tertiary/aromatic N) is 2. The number of nitriles is 2. The number of rotatable bonds is 6. The van der Waals surface area contributed by atoms with Crippen LogP contribution in [0.3, 0.4) is 0 Å². The number of ether oxygens (including phenoxy) is 3. The second kappa shape index (κ2) is 8.77. The highest BCUT2D eigenvalue weighted by atomic mass is 16.5. The molecule has 0 aromatic heterocycles. The van der Waals surface area contributed by atoms with Crippen molar-refractivity contribution < 1.29 is 19.0 Å². The first-order chi connectivity index (χ1) is 14.0. The van der Waals surface area contributed by atoms with Crippen molar-refractivity contribution in [3.8, 4) is 29.4 Å². The zero-order chi connectivity index (χ0) is 20.8. The Labute approximate surface area is 168 Å². The Morgan fingerprint density at radius 1 is 1.07 bits per heavy atom. The van der Waals surface area contributed by atoms with Crippen molar-refractivity contribution >= 4 is 11.5 Å². The van der Waals surface area contributed by atoms with Gasteiger partial charge in [-0.1, -0.05) is 24.8 Å². The van der Waals surface area contributed by atoms with E-state index >= 15 is 0 Å². The molecule has 2 aromatic rings. The summed E-state index contributed by atoms with van der Waals surface area (Å²) >= 11 is 0. The molecule has 0 spiro atoms. The van der Waals surface area contributed by atoms with Gasteiger partial charge in [-0.3, -0.25) is 0 Å². The highest BCUT2D eigenvalue weighted by molar-refractivity contribution is 5.93. The first-order valence-electron chi connectivity index (χ1n) is 8.96. The number of allylic oxidation sites excluding steroid dienone is 1. The maximum atomic E-state index is 11.3. The van der Waals surface area contributed by atoms with Crippen molar-refractivity contribution in [1.82, 2.24) is 0 Å². The van der Waals surface area contributed by atoms with E-state index in [-0.39, 0.29) is 12.2 Å². The van der Waals surface area contributed by atoms with Gasteiger partial charge in [0.15, 0.2) is 0 Å². The molecule has 0 saturated carbocycles. The van der Waals surface area contributed by atoms with E-state index in [2.05, 4.69) is 6.58 Å². The second-order valence-corrected chi connectivity index (χ2v) is 6.35. The normalized spacial score (nSPS) is 11.1. The van der Waals surface area contributed by atoms with Crippen LogP contribution in [0.1, 0.15) is 24.5 Å². The highest BCUT2D eigenvalue weighted by Gasteiger charge is 2.25. The summed E-state index contributed by atoms with van der Waals surface area (Å²) in [4.78, 5) is 11.3. The summed E-state index contributed by atoms with van der Waals surface area (Å²) in [6.45, 7) is 5.71. The lowest BCUT2D eigenvalue weighted by Gasteiger charge is -2.23. The van der Waals surface area contributed by atoms with E-state index in [4.69, 9.17) is 14.2 Å². The Hall–Kier alpha value is -4.03. The fraction of sp³-hybridized carbons (Fsp3) is 0.174. The molecule has 3 rings (SSSR count). The quantitative estimate of drug-likeness (QED) is 0.267. The summed E-state index contributed by atoms with van der Waals surface area (Å²) < 4.78 is 16.7. The second-order valence-electron chi connectivity index (χ2n) is 6.35. The molecule has 2 aromatic carbocycles. The first-order valence-corrected chi connectivity index (χ1v) is 8.96. The smallest absolute Gasteiger partial charge is 0.333 e. The summed E-state index contributed by atoms with van der Waals surface area (Å²) in [5, 5.41) is 18.8. The molecule has 0 atom stereocenters. The molecule has 144 valence electrons. The predicted molar refractivity (Wildman–Crippen MR) is 106 cm³/mol. The average molecular weight is 386 g/mol. The molecule has 0 saturated heterocycles. The number of carbonyl (C=O) groups excluding carboxylic acids is 1. The molecule has 1 aliphatic heterocycles. The lowest BCUT2D eigenvalue weighted by atomic mass is 9.90. The van der Waals surface area contributed by atoms with Gasteiger partial charge in [0.1, 0.15) is 35.0 Å². The third-order valence-corrected chi connectivity index (χ3v) is 4.21. The van der Waals surface area contributed by atoms with Crippen molar-refractivity contribution in [2.24, 2.45) is 0 Å². The van der Waals surface area contributed by atoms with E-state index in [1.165, 1.54) is 0 Å². The van der Waals surface area contributed by atoms with Crippen molar-refractivity contribution in [3.05, 3.63) is 71.3 Å². The molecule has 0 bridgehead atoms. The number of carbonyl (C=O) groups is 1. The lowest BCUT2D eigenvalue weighted by Crippen LogP contribution is -2.09. The summed E-state index contributed by atoms with van der Waals surface area (Å²) in [6.07, 6.45) is 0.526. The SMILES string of the molecule is C=C(C)C(=O)OCCCOc1ccc2c(c1)Oc1ccccc1C2=C(C#N)C#N. The Kier molecular flexibility index (Phi) is 5.97. The van der Waals surface area contributed by atoms with Crippen LogP contribution in [-0.2, 0) is 9.53 Å². The van der Waals surface area contributed by atoms with E-state index in [9.17, 15) is 15.3 Å². The molecule has 0 amide bonds. The maximum Gasteiger partial charge on any atom is 0.333 e. The van der Waals surface area contributed by atoms with Gasteiger partial charge in [0, 0.05) is 34.8 Å². The van der Waals surface area contributed by atoms with Gasteiger partial charge in [-0.05, 0) is 25.1 Å². The summed E-state index contributed by atoms with van der Waals surface area (Å²) in [5.41, 5.74) is 2.28. The number of hydrogen-bond acceptors (Lipinski definition) is 6. The zero-order valence-corrected chi connectivity index (χ0v) is 15.9. The minimum absolute atomic E-state index is 0.0231. The van der Waals surface area contributed by atoms with E-state index in [1.807, 2.05) is 30.3 Å². The van der Waals surface area contributed by atoms with Gasteiger partial charge >= 0.3 is 5.97 Å². The minimum Gasteiger partial charge on any atom is -0.493 e. The Bertz CT molecular complexity index is 1070. The minimum atomic E-state index is -0.420. The van der Waals surface area contributed by atoms with Gasteiger partial charge in [-0.15, -0.1) is 0 Å². The molecule has 6 heteroatoms. The van der Waals surface area contributed by atoms with Crippen molar-refractivity contribution in [2.45, 2.75) is 13.3 Å². The third-order valence-electron chi connectivity index (χ3n) is 4.21. The van der Waals surface area contributed by atoms with Crippen LogP contribution in [0.4, 0.5) is 0 Å². The average Bonchev–Trinajstić information content (AvgIpc) is 2.73. The van der Waals surface area contributed by atoms with Gasteiger partial charge in [0.05, 0.1) is 13.2 Å². The largest absolute Gasteiger partial charge is 0.493 e. The molecule has 0 aliphatic carbocycles. The highest BCUT2D eigenvalue weighted by Crippen LogP contribution is 2.45. The van der Waals surface area contributed by atoms with E-state index in [0.29, 0.717) is 52.5 Å².